The van der Waals surface area contributed by atoms with Crippen molar-refractivity contribution in [2.75, 3.05) is 6.54 Å². The van der Waals surface area contributed by atoms with Crippen LogP contribution < -0.4 is 0 Å². The van der Waals surface area contributed by atoms with Crippen molar-refractivity contribution < 1.29 is 21.7 Å². The van der Waals surface area contributed by atoms with Crippen LogP contribution in [0, 0.1) is 28.2 Å². The fourth-order valence-corrected chi connectivity index (χ4v) is 6.75. The molecule has 1 aliphatic carbocycles. The first kappa shape index (κ1) is 24.3. The second-order valence-electron chi connectivity index (χ2n) is 7.31. The maximum atomic E-state index is 4.92. The van der Waals surface area contributed by atoms with Gasteiger partial charge in [0.1, 0.15) is 0 Å². The number of para-hydroxylation sites is 1. The van der Waals surface area contributed by atoms with Crippen LogP contribution in [0.2, 0.25) is 0 Å². The van der Waals surface area contributed by atoms with E-state index >= 15 is 0 Å². The number of benzene rings is 2. The van der Waals surface area contributed by atoms with Crippen LogP contribution >= 0.6 is 11.8 Å². The van der Waals surface area contributed by atoms with Crippen molar-refractivity contribution in [3.63, 3.8) is 0 Å². The molecule has 3 aliphatic rings. The van der Waals surface area contributed by atoms with E-state index in [1.54, 1.807) is 5.56 Å². The largest absolute Gasteiger partial charge is 4.00 e. The second kappa shape index (κ2) is 9.68. The van der Waals surface area contributed by atoms with Gasteiger partial charge in [-0.2, -0.15) is 0 Å². The Morgan fingerprint density at radius 3 is 2.52 bits per heavy atom. The van der Waals surface area contributed by atoms with E-state index in [0.29, 0.717) is 11.2 Å². The van der Waals surface area contributed by atoms with E-state index in [2.05, 4.69) is 61.2 Å². The van der Waals surface area contributed by atoms with Gasteiger partial charge >= 0.3 is 21.7 Å². The predicted octanol–water partition coefficient (Wildman–Crippen LogP) is 7.37. The molecule has 3 heteroatoms. The van der Waals surface area contributed by atoms with Crippen LogP contribution in [0.1, 0.15) is 48.3 Å². The topological polar surface area (TPSA) is 14.1 Å². The van der Waals surface area contributed by atoms with Crippen molar-refractivity contribution >= 4 is 17.4 Å². The summed E-state index contributed by atoms with van der Waals surface area (Å²) in [5.74, 6) is 2.14. The third-order valence-corrected chi connectivity index (χ3v) is 7.47. The van der Waals surface area contributed by atoms with Gasteiger partial charge in [0.15, 0.2) is 0 Å². The molecule has 1 nitrogen and oxygen atoms in total. The molecular weight excluding hydrogens is 382 g/mol. The monoisotopic (exact) mass is 413 g/mol. The molecule has 0 N–H and O–H groups in total. The maximum absolute atomic E-state index is 4.92. The quantitative estimate of drug-likeness (QED) is 0.352. The second-order valence-corrected chi connectivity index (χ2v) is 8.53. The van der Waals surface area contributed by atoms with Gasteiger partial charge in [0.2, 0.25) is 0 Å². The molecule has 2 heterocycles. The summed E-state index contributed by atoms with van der Waals surface area (Å²) in [7, 11) is 0. The molecule has 0 amide bonds. The van der Waals surface area contributed by atoms with Crippen molar-refractivity contribution in [1.29, 1.82) is 0 Å². The van der Waals surface area contributed by atoms with Gasteiger partial charge in [0, 0.05) is 16.1 Å². The van der Waals surface area contributed by atoms with Crippen LogP contribution in [0.5, 0.6) is 0 Å². The Morgan fingerprint density at radius 1 is 0.963 bits per heavy atom. The molecule has 1 fully saturated rings. The van der Waals surface area contributed by atoms with Crippen LogP contribution in [0.25, 0.3) is 5.32 Å². The van der Waals surface area contributed by atoms with Crippen molar-refractivity contribution in [2.45, 2.75) is 48.2 Å². The summed E-state index contributed by atoms with van der Waals surface area (Å²) in [6.45, 7) is 3.46. The molecule has 2 aromatic carbocycles. The van der Waals surface area contributed by atoms with Gasteiger partial charge in [0.05, 0.1) is 0 Å². The average molecular weight is 413 g/mol. The Labute approximate surface area is 186 Å². The Morgan fingerprint density at radius 2 is 1.70 bits per heavy atom. The van der Waals surface area contributed by atoms with Gasteiger partial charge in [-0.25, -0.2) is 0 Å². The Bertz CT molecular complexity index is 760. The third kappa shape index (κ3) is 3.91. The molecule has 2 aromatic rings. The minimum absolute atomic E-state index is 0. The predicted molar refractivity (Wildman–Crippen MR) is 117 cm³/mol. The first-order valence-electron chi connectivity index (χ1n) is 8.88. The minimum Gasteiger partial charge on any atom is -0.684 e. The van der Waals surface area contributed by atoms with Gasteiger partial charge in [0.25, 0.3) is 0 Å². The van der Waals surface area contributed by atoms with Crippen LogP contribution in [-0.2, 0) is 28.1 Å². The molecule has 0 spiro atoms. The van der Waals surface area contributed by atoms with Crippen LogP contribution in [0.4, 0.5) is 5.69 Å². The molecule has 27 heavy (non-hydrogen) atoms. The number of rotatable bonds is 1. The van der Waals surface area contributed by atoms with Crippen LogP contribution in [-0.4, -0.2) is 11.8 Å². The smallest absolute Gasteiger partial charge is 0.684 e. The van der Waals surface area contributed by atoms with E-state index in [4.69, 9.17) is 5.32 Å². The maximum Gasteiger partial charge on any atom is 4.00 e. The number of hydrogen-bond donors (Lipinski definition) is 0. The number of hydrogen-bond acceptors (Lipinski definition) is 1. The van der Waals surface area contributed by atoms with E-state index in [0.717, 1.165) is 18.4 Å². The van der Waals surface area contributed by atoms with E-state index in [1.807, 2.05) is 0 Å². The first-order valence-corrected chi connectivity index (χ1v) is 9.76. The van der Waals surface area contributed by atoms with Crippen molar-refractivity contribution in [3.05, 3.63) is 86.8 Å². The molecule has 1 saturated carbocycles. The summed E-state index contributed by atoms with van der Waals surface area (Å²) in [6, 6.07) is 16.0. The van der Waals surface area contributed by atoms with Gasteiger partial charge in [-0.3, -0.25) is 0 Å². The Balaban J connectivity index is 0.000000911. The molecule has 0 aromatic heterocycles. The fourth-order valence-electron chi connectivity index (χ4n) is 4.97. The summed E-state index contributed by atoms with van der Waals surface area (Å²) in [5, 5.41) is 5.62. The molecule has 0 radical (unpaired) electrons. The van der Waals surface area contributed by atoms with Gasteiger partial charge in [-0.05, 0) is 36.3 Å². The normalized spacial score (nSPS) is 26.6. The van der Waals surface area contributed by atoms with E-state index in [9.17, 15) is 0 Å². The summed E-state index contributed by atoms with van der Waals surface area (Å²) in [4.78, 5) is 1.51. The molecule has 4 atom stereocenters. The minimum atomic E-state index is 0. The number of fused-ring (bicyclic) bond motifs is 4. The summed E-state index contributed by atoms with van der Waals surface area (Å²) in [5.41, 5.74) is 5.94. The molecule has 0 bridgehead atoms. The van der Waals surface area contributed by atoms with Crippen molar-refractivity contribution in [2.24, 2.45) is 5.92 Å². The number of nitrogens with zero attached hydrogens (tertiary/aromatic N) is 1. The molecule has 2 aliphatic heterocycles. The standard InChI is InChI=1S/C21H22NS.3CH3.Ti/c1-13-12-17(15-9-4-6-14-7-5-11-22-20(14)15)21-19(13)16-8-2-3-10-18(16)23-21;;;;/h2-4,6,8-10,13,17,19,21H,5,7,11-12H2,1H3;3*1H3;/q4*-1;+4. The average Bonchev–Trinajstić information content (AvgIpc) is 3.12. The molecule has 4 unspecified atom stereocenters. The molecule has 5 rings (SSSR count). The summed E-state index contributed by atoms with van der Waals surface area (Å²) >= 11 is 2.12. The van der Waals surface area contributed by atoms with Gasteiger partial charge in [-0.1, -0.05) is 60.9 Å². The Kier molecular flexibility index (Phi) is 8.72. The van der Waals surface area contributed by atoms with Crippen LogP contribution in [0.3, 0.4) is 0 Å². The fraction of sp³-hybridized carbons (Fsp3) is 0.375. The number of aryl methyl sites for hydroxylation is 1. The third-order valence-electron chi connectivity index (χ3n) is 5.95. The van der Waals surface area contributed by atoms with E-state index in [1.165, 1.54) is 41.0 Å². The van der Waals surface area contributed by atoms with Crippen molar-refractivity contribution in [3.8, 4) is 0 Å². The summed E-state index contributed by atoms with van der Waals surface area (Å²) < 4.78 is 0. The number of thioether (sulfide) groups is 1. The SMILES string of the molecule is CC1CC(c2cccc3c2[N-]CCC3)C2Sc3ccccc3C12.[CH3-].[CH3-].[CH3-].[Ti+4]. The van der Waals surface area contributed by atoms with Crippen LogP contribution in [0.15, 0.2) is 47.4 Å². The molecule has 142 valence electrons. The van der Waals surface area contributed by atoms with Gasteiger partial charge < -0.3 is 27.6 Å². The Hall–Kier alpha value is -0.696. The first-order chi connectivity index (χ1) is 11.3. The van der Waals surface area contributed by atoms with Gasteiger partial charge in [-0.15, -0.1) is 24.0 Å². The van der Waals surface area contributed by atoms with E-state index in [-0.39, 0.29) is 44.0 Å². The van der Waals surface area contributed by atoms with Crippen molar-refractivity contribution in [1.82, 2.24) is 0 Å². The molecular formula is C24H31NSTi. The molecule has 0 saturated heterocycles. The summed E-state index contributed by atoms with van der Waals surface area (Å²) in [6.07, 6.45) is 3.73. The zero-order chi connectivity index (χ0) is 15.4. The van der Waals surface area contributed by atoms with E-state index < -0.39 is 0 Å². The zero-order valence-corrected chi connectivity index (χ0v) is 19.4. The zero-order valence-electron chi connectivity index (χ0n) is 17.0.